The number of aromatic nitrogens is 1. The fourth-order valence-corrected chi connectivity index (χ4v) is 2.06. The average molecular weight is 269 g/mol. The Hall–Kier alpha value is -2.89. The number of non-ortho nitro benzene ring substituents is 1. The third kappa shape index (κ3) is 1.87. The summed E-state index contributed by atoms with van der Waals surface area (Å²) in [6.07, 6.45) is 0. The molecule has 1 heterocycles. The molecule has 0 aliphatic carbocycles. The molecule has 6 nitrogen and oxygen atoms in total. The molecule has 1 aromatic heterocycles. The van der Waals surface area contributed by atoms with E-state index in [0.717, 1.165) is 11.1 Å². The second-order valence-electron chi connectivity index (χ2n) is 4.47. The fourth-order valence-electron chi connectivity index (χ4n) is 2.06. The van der Waals surface area contributed by atoms with E-state index < -0.39 is 4.92 Å². The Morgan fingerprint density at radius 3 is 2.75 bits per heavy atom. The number of rotatable bonds is 2. The predicted octanol–water partition coefficient (Wildman–Crippen LogP) is 3.29. The molecular formula is C14H11N3O3. The summed E-state index contributed by atoms with van der Waals surface area (Å²) in [5.74, 6) is 0.363. The van der Waals surface area contributed by atoms with Crippen molar-refractivity contribution in [3.05, 3.63) is 52.1 Å². The van der Waals surface area contributed by atoms with Crippen molar-refractivity contribution in [2.75, 3.05) is 5.73 Å². The molecule has 6 heteroatoms. The minimum atomic E-state index is -0.490. The van der Waals surface area contributed by atoms with Crippen LogP contribution < -0.4 is 5.73 Å². The molecule has 0 aliphatic heterocycles. The largest absolute Gasteiger partial charge is 0.436 e. The Bertz CT molecular complexity index is 824. The molecule has 3 aromatic rings. The lowest BCUT2D eigenvalue weighted by atomic mass is 10.1. The maximum Gasteiger partial charge on any atom is 0.271 e. The van der Waals surface area contributed by atoms with Crippen molar-refractivity contribution < 1.29 is 9.34 Å². The van der Waals surface area contributed by atoms with Crippen LogP contribution in [0.5, 0.6) is 0 Å². The number of oxazole rings is 1. The van der Waals surface area contributed by atoms with Gasteiger partial charge in [0.1, 0.15) is 5.52 Å². The standard InChI is InChI=1S/C14H11N3O3/c1-8-3-2-4-12-13(8)16-14(20-12)10-6-5-9(17(18)19)7-11(10)15/h2-7H,15H2,1H3. The van der Waals surface area contributed by atoms with Crippen molar-refractivity contribution in [3.8, 4) is 11.5 Å². The van der Waals surface area contributed by atoms with E-state index >= 15 is 0 Å². The van der Waals surface area contributed by atoms with Crippen LogP contribution >= 0.6 is 0 Å². The van der Waals surface area contributed by atoms with E-state index in [0.29, 0.717) is 17.0 Å². The Labute approximate surface area is 114 Å². The van der Waals surface area contributed by atoms with E-state index in [1.165, 1.54) is 12.1 Å². The zero-order valence-electron chi connectivity index (χ0n) is 10.7. The van der Waals surface area contributed by atoms with Gasteiger partial charge in [0.2, 0.25) is 5.89 Å². The molecule has 0 amide bonds. The van der Waals surface area contributed by atoms with Gasteiger partial charge < -0.3 is 10.2 Å². The van der Waals surface area contributed by atoms with Gasteiger partial charge in [-0.15, -0.1) is 0 Å². The van der Waals surface area contributed by atoms with Crippen LogP contribution in [0.4, 0.5) is 11.4 Å². The zero-order valence-corrected chi connectivity index (χ0v) is 10.7. The van der Waals surface area contributed by atoms with Crippen LogP contribution in [0.2, 0.25) is 0 Å². The first kappa shape index (κ1) is 12.2. The number of hydrogen-bond acceptors (Lipinski definition) is 5. The Balaban J connectivity index is 2.16. The molecular weight excluding hydrogens is 258 g/mol. The number of benzene rings is 2. The number of nitrogens with two attached hydrogens (primary N) is 1. The smallest absolute Gasteiger partial charge is 0.271 e. The number of fused-ring (bicyclic) bond motifs is 1. The summed E-state index contributed by atoms with van der Waals surface area (Å²) >= 11 is 0. The Morgan fingerprint density at radius 1 is 1.30 bits per heavy atom. The molecule has 0 saturated heterocycles. The van der Waals surface area contributed by atoms with Crippen LogP contribution in [0.3, 0.4) is 0 Å². The van der Waals surface area contributed by atoms with Crippen LogP contribution in [0, 0.1) is 17.0 Å². The van der Waals surface area contributed by atoms with Crippen LogP contribution in [0.15, 0.2) is 40.8 Å². The summed E-state index contributed by atoms with van der Waals surface area (Å²) < 4.78 is 5.66. The highest BCUT2D eigenvalue weighted by molar-refractivity contribution is 5.82. The molecule has 0 atom stereocenters. The monoisotopic (exact) mass is 269 g/mol. The highest BCUT2D eigenvalue weighted by atomic mass is 16.6. The molecule has 0 saturated carbocycles. The summed E-state index contributed by atoms with van der Waals surface area (Å²) in [7, 11) is 0. The maximum atomic E-state index is 10.7. The molecule has 3 rings (SSSR count). The van der Waals surface area contributed by atoms with Gasteiger partial charge in [0.05, 0.1) is 16.2 Å². The number of para-hydroxylation sites is 1. The minimum absolute atomic E-state index is 0.0569. The predicted molar refractivity (Wildman–Crippen MR) is 75.2 cm³/mol. The normalized spacial score (nSPS) is 10.8. The summed E-state index contributed by atoms with van der Waals surface area (Å²) in [6.45, 7) is 1.94. The molecule has 20 heavy (non-hydrogen) atoms. The first-order valence-corrected chi connectivity index (χ1v) is 5.96. The van der Waals surface area contributed by atoms with Gasteiger partial charge in [-0.05, 0) is 24.6 Å². The number of aryl methyl sites for hydroxylation is 1. The molecule has 0 fully saturated rings. The maximum absolute atomic E-state index is 10.7. The highest BCUT2D eigenvalue weighted by Crippen LogP contribution is 2.31. The summed E-state index contributed by atoms with van der Waals surface area (Å²) in [4.78, 5) is 14.6. The quantitative estimate of drug-likeness (QED) is 0.437. The number of nitrogens with zero attached hydrogens (tertiary/aromatic N) is 2. The zero-order chi connectivity index (χ0) is 14.3. The molecule has 0 unspecified atom stereocenters. The van der Waals surface area contributed by atoms with Gasteiger partial charge in [-0.1, -0.05) is 12.1 Å². The summed E-state index contributed by atoms with van der Waals surface area (Å²) in [5.41, 5.74) is 9.03. The average Bonchev–Trinajstić information content (AvgIpc) is 2.83. The topological polar surface area (TPSA) is 95.2 Å². The van der Waals surface area contributed by atoms with Gasteiger partial charge in [-0.2, -0.15) is 0 Å². The number of nitro groups is 1. The van der Waals surface area contributed by atoms with Gasteiger partial charge in [0, 0.05) is 12.1 Å². The number of hydrogen-bond donors (Lipinski definition) is 1. The Morgan fingerprint density at radius 2 is 2.10 bits per heavy atom. The third-order valence-corrected chi connectivity index (χ3v) is 3.10. The van der Waals surface area contributed by atoms with Crippen molar-refractivity contribution in [3.63, 3.8) is 0 Å². The fraction of sp³-hybridized carbons (Fsp3) is 0.0714. The van der Waals surface area contributed by atoms with E-state index in [4.69, 9.17) is 10.2 Å². The minimum Gasteiger partial charge on any atom is -0.436 e. The second-order valence-corrected chi connectivity index (χ2v) is 4.47. The lowest BCUT2D eigenvalue weighted by Gasteiger charge is -2.00. The molecule has 2 aromatic carbocycles. The third-order valence-electron chi connectivity index (χ3n) is 3.10. The van der Waals surface area contributed by atoms with Crippen molar-refractivity contribution in [1.82, 2.24) is 4.98 Å². The SMILES string of the molecule is Cc1cccc2oc(-c3ccc([N+](=O)[O-])cc3N)nc12. The van der Waals surface area contributed by atoms with Gasteiger partial charge in [0.25, 0.3) is 5.69 Å². The van der Waals surface area contributed by atoms with Crippen LogP contribution in [-0.2, 0) is 0 Å². The van der Waals surface area contributed by atoms with E-state index in [2.05, 4.69) is 4.98 Å². The van der Waals surface area contributed by atoms with Gasteiger partial charge >= 0.3 is 0 Å². The van der Waals surface area contributed by atoms with Crippen LogP contribution in [0.1, 0.15) is 5.56 Å². The number of anilines is 1. The summed E-state index contributed by atoms with van der Waals surface area (Å²) in [5, 5.41) is 10.7. The van der Waals surface area contributed by atoms with E-state index in [9.17, 15) is 10.1 Å². The molecule has 0 spiro atoms. The number of nitro benzene ring substituents is 1. The van der Waals surface area contributed by atoms with Crippen molar-refractivity contribution in [2.45, 2.75) is 6.92 Å². The van der Waals surface area contributed by atoms with Crippen molar-refractivity contribution in [1.29, 1.82) is 0 Å². The lowest BCUT2D eigenvalue weighted by molar-refractivity contribution is -0.384. The molecule has 0 aliphatic rings. The van der Waals surface area contributed by atoms with Crippen molar-refractivity contribution >= 4 is 22.5 Å². The first-order chi connectivity index (χ1) is 9.56. The van der Waals surface area contributed by atoms with Crippen LogP contribution in [0.25, 0.3) is 22.6 Å². The van der Waals surface area contributed by atoms with Gasteiger partial charge in [-0.3, -0.25) is 10.1 Å². The molecule has 100 valence electrons. The summed E-state index contributed by atoms with van der Waals surface area (Å²) in [6, 6.07) is 9.87. The Kier molecular flexibility index (Phi) is 2.64. The van der Waals surface area contributed by atoms with Gasteiger partial charge in [0.15, 0.2) is 5.58 Å². The van der Waals surface area contributed by atoms with E-state index in [1.807, 2.05) is 25.1 Å². The van der Waals surface area contributed by atoms with Crippen LogP contribution in [-0.4, -0.2) is 9.91 Å². The molecule has 2 N–H and O–H groups in total. The molecule has 0 bridgehead atoms. The van der Waals surface area contributed by atoms with E-state index in [-0.39, 0.29) is 11.4 Å². The lowest BCUT2D eigenvalue weighted by Crippen LogP contribution is -1.94. The first-order valence-electron chi connectivity index (χ1n) is 5.96. The van der Waals surface area contributed by atoms with Gasteiger partial charge in [-0.25, -0.2) is 4.98 Å². The number of nitrogen functional groups attached to an aromatic ring is 1. The highest BCUT2D eigenvalue weighted by Gasteiger charge is 2.15. The second kappa shape index (κ2) is 4.34. The molecule has 0 radical (unpaired) electrons. The van der Waals surface area contributed by atoms with Crippen molar-refractivity contribution in [2.24, 2.45) is 0 Å². The van der Waals surface area contributed by atoms with E-state index in [1.54, 1.807) is 6.07 Å².